The van der Waals surface area contributed by atoms with Gasteiger partial charge in [0.1, 0.15) is 0 Å². The maximum absolute atomic E-state index is 5.68. The molecule has 152 valence electrons. The molecule has 2 fully saturated rings. The lowest BCUT2D eigenvalue weighted by molar-refractivity contribution is 0.0510. The summed E-state index contributed by atoms with van der Waals surface area (Å²) in [6, 6.07) is 8.79. The molecule has 6 heteroatoms. The minimum atomic E-state index is 0. The number of methoxy groups -OCH3 is 1. The molecule has 0 radical (unpaired) electrons. The van der Waals surface area contributed by atoms with E-state index in [0.29, 0.717) is 5.92 Å². The summed E-state index contributed by atoms with van der Waals surface area (Å²) in [5.41, 5.74) is 2.93. The molecule has 0 spiro atoms. The molecule has 3 rings (SSSR count). The van der Waals surface area contributed by atoms with Gasteiger partial charge in [0, 0.05) is 58.3 Å². The van der Waals surface area contributed by atoms with Crippen molar-refractivity contribution >= 4 is 29.9 Å². The van der Waals surface area contributed by atoms with E-state index in [1.54, 1.807) is 7.11 Å². The van der Waals surface area contributed by atoms with Gasteiger partial charge in [-0.2, -0.15) is 0 Å². The molecule has 1 aromatic rings. The van der Waals surface area contributed by atoms with E-state index in [1.807, 2.05) is 7.05 Å². The van der Waals surface area contributed by atoms with Crippen molar-refractivity contribution < 1.29 is 9.47 Å². The topological polar surface area (TPSA) is 46.1 Å². The average Bonchev–Trinajstić information content (AvgIpc) is 3.12. The lowest BCUT2D eigenvalue weighted by Crippen LogP contribution is -2.49. The molecule has 1 atom stereocenters. The van der Waals surface area contributed by atoms with Crippen LogP contribution in [0.3, 0.4) is 0 Å². The Bertz CT molecular complexity index is 617. The third-order valence-corrected chi connectivity index (χ3v) is 5.95. The van der Waals surface area contributed by atoms with Crippen LogP contribution in [0.5, 0.6) is 0 Å². The van der Waals surface area contributed by atoms with Crippen molar-refractivity contribution in [3.8, 4) is 0 Å². The van der Waals surface area contributed by atoms with E-state index in [-0.39, 0.29) is 29.4 Å². The zero-order valence-corrected chi connectivity index (χ0v) is 19.2. The third-order valence-electron chi connectivity index (χ3n) is 5.95. The van der Waals surface area contributed by atoms with Gasteiger partial charge in [0.25, 0.3) is 0 Å². The Morgan fingerprint density at radius 3 is 2.74 bits per heavy atom. The largest absolute Gasteiger partial charge is 0.384 e. The number of rotatable bonds is 5. The Labute approximate surface area is 180 Å². The SMILES string of the molecule is CN=C(NCC1(c2ccccc2C)CCOCC1)N1CCC(COC)C1.I. The van der Waals surface area contributed by atoms with Crippen LogP contribution >= 0.6 is 24.0 Å². The number of ether oxygens (including phenoxy) is 2. The molecule has 0 aliphatic carbocycles. The Morgan fingerprint density at radius 1 is 1.33 bits per heavy atom. The van der Waals surface area contributed by atoms with Crippen molar-refractivity contribution in [2.45, 2.75) is 31.6 Å². The first-order valence-corrected chi connectivity index (χ1v) is 9.77. The van der Waals surface area contributed by atoms with E-state index in [0.717, 1.165) is 58.3 Å². The Balaban J connectivity index is 0.00000261. The van der Waals surface area contributed by atoms with Crippen molar-refractivity contribution in [1.82, 2.24) is 10.2 Å². The Kier molecular flexibility index (Phi) is 8.82. The summed E-state index contributed by atoms with van der Waals surface area (Å²) in [6.45, 7) is 7.68. The zero-order chi connectivity index (χ0) is 18.4. The summed E-state index contributed by atoms with van der Waals surface area (Å²) in [5.74, 6) is 1.62. The highest BCUT2D eigenvalue weighted by Gasteiger charge is 2.36. The highest BCUT2D eigenvalue weighted by Crippen LogP contribution is 2.36. The van der Waals surface area contributed by atoms with Gasteiger partial charge >= 0.3 is 0 Å². The van der Waals surface area contributed by atoms with Gasteiger partial charge < -0.3 is 19.7 Å². The minimum absolute atomic E-state index is 0. The minimum Gasteiger partial charge on any atom is -0.384 e. The number of halogens is 1. The lowest BCUT2D eigenvalue weighted by atomic mass is 9.72. The van der Waals surface area contributed by atoms with Gasteiger partial charge in [-0.05, 0) is 37.3 Å². The fourth-order valence-corrected chi connectivity index (χ4v) is 4.45. The maximum Gasteiger partial charge on any atom is 0.193 e. The summed E-state index contributed by atoms with van der Waals surface area (Å²) >= 11 is 0. The van der Waals surface area contributed by atoms with E-state index in [1.165, 1.54) is 17.5 Å². The van der Waals surface area contributed by atoms with Gasteiger partial charge in [0.2, 0.25) is 0 Å². The first-order valence-electron chi connectivity index (χ1n) is 9.77. The molecule has 2 aliphatic heterocycles. The molecule has 0 bridgehead atoms. The smallest absolute Gasteiger partial charge is 0.193 e. The monoisotopic (exact) mass is 487 g/mol. The van der Waals surface area contributed by atoms with Crippen molar-refractivity contribution in [2.24, 2.45) is 10.9 Å². The quantitative estimate of drug-likeness (QED) is 0.394. The van der Waals surface area contributed by atoms with Crippen LogP contribution in [-0.2, 0) is 14.9 Å². The van der Waals surface area contributed by atoms with Crippen molar-refractivity contribution in [3.05, 3.63) is 35.4 Å². The number of nitrogens with one attached hydrogen (secondary N) is 1. The molecule has 1 N–H and O–H groups in total. The van der Waals surface area contributed by atoms with Gasteiger partial charge in [-0.3, -0.25) is 4.99 Å². The van der Waals surface area contributed by atoms with Gasteiger partial charge in [0.15, 0.2) is 5.96 Å². The highest BCUT2D eigenvalue weighted by atomic mass is 127. The van der Waals surface area contributed by atoms with E-state index in [2.05, 4.69) is 46.4 Å². The van der Waals surface area contributed by atoms with Crippen LogP contribution in [0, 0.1) is 12.8 Å². The van der Waals surface area contributed by atoms with E-state index in [4.69, 9.17) is 9.47 Å². The number of aryl methyl sites for hydroxylation is 1. The first-order chi connectivity index (χ1) is 12.7. The van der Waals surface area contributed by atoms with Crippen LogP contribution in [0.2, 0.25) is 0 Å². The second kappa shape index (κ2) is 10.6. The summed E-state index contributed by atoms with van der Waals surface area (Å²) in [7, 11) is 3.67. The van der Waals surface area contributed by atoms with E-state index >= 15 is 0 Å². The normalized spacial score (nSPS) is 22.4. The summed E-state index contributed by atoms with van der Waals surface area (Å²) in [5, 5.41) is 3.69. The molecule has 2 saturated heterocycles. The number of aliphatic imine (C=N–C) groups is 1. The summed E-state index contributed by atoms with van der Waals surface area (Å²) in [6.07, 6.45) is 3.27. The number of hydrogen-bond donors (Lipinski definition) is 1. The Morgan fingerprint density at radius 2 is 2.07 bits per heavy atom. The summed E-state index contributed by atoms with van der Waals surface area (Å²) in [4.78, 5) is 6.93. The number of likely N-dealkylation sites (tertiary alicyclic amines) is 1. The van der Waals surface area contributed by atoms with Gasteiger partial charge in [-0.25, -0.2) is 0 Å². The predicted octanol–water partition coefficient (Wildman–Crippen LogP) is 3.20. The number of nitrogens with zero attached hydrogens (tertiary/aromatic N) is 2. The second-order valence-corrected chi connectivity index (χ2v) is 7.66. The van der Waals surface area contributed by atoms with Gasteiger partial charge in [-0.15, -0.1) is 24.0 Å². The van der Waals surface area contributed by atoms with Crippen LogP contribution < -0.4 is 5.32 Å². The van der Waals surface area contributed by atoms with Crippen LogP contribution in [0.15, 0.2) is 29.3 Å². The molecule has 5 nitrogen and oxygen atoms in total. The van der Waals surface area contributed by atoms with Crippen molar-refractivity contribution in [2.75, 3.05) is 53.6 Å². The van der Waals surface area contributed by atoms with Gasteiger partial charge in [0.05, 0.1) is 6.61 Å². The van der Waals surface area contributed by atoms with Crippen LogP contribution in [-0.4, -0.2) is 64.5 Å². The predicted molar refractivity (Wildman–Crippen MR) is 121 cm³/mol. The van der Waals surface area contributed by atoms with Crippen LogP contribution in [0.4, 0.5) is 0 Å². The first kappa shape index (κ1) is 22.4. The lowest BCUT2D eigenvalue weighted by Gasteiger charge is -2.39. The molecule has 27 heavy (non-hydrogen) atoms. The van der Waals surface area contributed by atoms with Crippen molar-refractivity contribution in [3.63, 3.8) is 0 Å². The maximum atomic E-state index is 5.68. The van der Waals surface area contributed by atoms with E-state index in [9.17, 15) is 0 Å². The van der Waals surface area contributed by atoms with Crippen molar-refractivity contribution in [1.29, 1.82) is 0 Å². The molecule has 1 unspecified atom stereocenters. The average molecular weight is 487 g/mol. The molecular weight excluding hydrogens is 453 g/mol. The third kappa shape index (κ3) is 5.35. The molecule has 2 heterocycles. The molecule has 0 amide bonds. The van der Waals surface area contributed by atoms with Gasteiger partial charge in [-0.1, -0.05) is 24.3 Å². The fraction of sp³-hybridized carbons (Fsp3) is 0.667. The molecule has 2 aliphatic rings. The standard InChI is InChI=1S/C21H33N3O2.HI/c1-17-6-4-5-7-19(17)21(9-12-26-13-10-21)16-23-20(22-2)24-11-8-18(14-24)15-25-3;/h4-7,18H,8-16H2,1-3H3,(H,22,23);1H. The second-order valence-electron chi connectivity index (χ2n) is 7.66. The molecular formula is C21H34IN3O2. The fourth-order valence-electron chi connectivity index (χ4n) is 4.45. The number of hydrogen-bond acceptors (Lipinski definition) is 3. The Hall–Kier alpha value is -0.860. The summed E-state index contributed by atoms with van der Waals surface area (Å²) < 4.78 is 11.0. The molecule has 1 aromatic carbocycles. The van der Waals surface area contributed by atoms with Crippen LogP contribution in [0.25, 0.3) is 0 Å². The zero-order valence-electron chi connectivity index (χ0n) is 16.9. The van der Waals surface area contributed by atoms with Crippen LogP contribution in [0.1, 0.15) is 30.4 Å². The highest BCUT2D eigenvalue weighted by molar-refractivity contribution is 14.0. The molecule has 0 aromatic heterocycles. The molecule has 0 saturated carbocycles. The van der Waals surface area contributed by atoms with E-state index < -0.39 is 0 Å². The number of benzene rings is 1. The number of guanidine groups is 1.